The Labute approximate surface area is 152 Å². The minimum Gasteiger partial charge on any atom is -0.479 e. The van der Waals surface area contributed by atoms with Crippen LogP contribution in [0.1, 0.15) is 33.6 Å². The Hall–Kier alpha value is -2.63. The van der Waals surface area contributed by atoms with Gasteiger partial charge in [0.05, 0.1) is 5.92 Å². The lowest BCUT2D eigenvalue weighted by Gasteiger charge is -2.31. The number of esters is 2. The van der Waals surface area contributed by atoms with Gasteiger partial charge < -0.3 is 14.2 Å². The molecule has 0 saturated carbocycles. The average molecular weight is 358 g/mol. The van der Waals surface area contributed by atoms with E-state index in [0.29, 0.717) is 16.9 Å². The van der Waals surface area contributed by atoms with Crippen molar-refractivity contribution in [1.29, 1.82) is 0 Å². The third-order valence-electron chi connectivity index (χ3n) is 5.24. The molecule has 0 aromatic carbocycles. The Morgan fingerprint density at radius 1 is 1.38 bits per heavy atom. The van der Waals surface area contributed by atoms with Crippen molar-refractivity contribution in [1.82, 2.24) is 0 Å². The monoisotopic (exact) mass is 358 g/mol. The summed E-state index contributed by atoms with van der Waals surface area (Å²) < 4.78 is 17.0. The normalized spacial score (nSPS) is 34.2. The van der Waals surface area contributed by atoms with Crippen LogP contribution in [0.3, 0.4) is 0 Å². The number of ether oxygens (including phenoxy) is 3. The van der Waals surface area contributed by atoms with Gasteiger partial charge in [-0.3, -0.25) is 4.79 Å². The predicted octanol–water partition coefficient (Wildman–Crippen LogP) is 2.55. The Kier molecular flexibility index (Phi) is 4.38. The molecule has 3 rings (SSSR count). The molecular formula is C20H22O6. The first kappa shape index (κ1) is 18.2. The summed E-state index contributed by atoms with van der Waals surface area (Å²) in [4.78, 5) is 36.9. The maximum Gasteiger partial charge on any atom is 0.334 e. The lowest BCUT2D eigenvalue weighted by atomic mass is 9.81. The molecule has 4 atom stereocenters. The summed E-state index contributed by atoms with van der Waals surface area (Å²) in [5.41, 5.74) is 0.0514. The summed E-state index contributed by atoms with van der Waals surface area (Å²) in [5.74, 6) is -1.41. The standard InChI is InChI=1S/C20H22O6/c1-6-10(2)18(22)25-15-9-20(5)16(21)8-13(26-20)11(3)7-14-17(15)12(4)19(23)24-14/h6,8,14-15,17H,3-4,7,9H2,1-2,5H3/b10-6+/t14-,15+,17+,20+/m1/s1. The van der Waals surface area contributed by atoms with Crippen LogP contribution in [0.2, 0.25) is 0 Å². The van der Waals surface area contributed by atoms with Crippen LogP contribution in [-0.2, 0) is 28.6 Å². The van der Waals surface area contributed by atoms with Crippen molar-refractivity contribution >= 4 is 17.7 Å². The Morgan fingerprint density at radius 2 is 2.08 bits per heavy atom. The summed E-state index contributed by atoms with van der Waals surface area (Å²) in [6.07, 6.45) is 2.08. The van der Waals surface area contributed by atoms with Crippen LogP contribution in [0, 0.1) is 5.92 Å². The number of ketones is 1. The van der Waals surface area contributed by atoms with E-state index >= 15 is 0 Å². The van der Waals surface area contributed by atoms with Crippen LogP contribution in [0.15, 0.2) is 47.8 Å². The van der Waals surface area contributed by atoms with Gasteiger partial charge in [0, 0.05) is 30.1 Å². The average Bonchev–Trinajstić information content (AvgIpc) is 3.03. The zero-order valence-electron chi connectivity index (χ0n) is 15.2. The van der Waals surface area contributed by atoms with Crippen molar-refractivity contribution in [2.45, 2.75) is 51.4 Å². The minimum atomic E-state index is -1.19. The molecule has 26 heavy (non-hydrogen) atoms. The second-order valence-corrected chi connectivity index (χ2v) is 7.13. The molecule has 3 aliphatic rings. The van der Waals surface area contributed by atoms with Gasteiger partial charge in [-0.15, -0.1) is 0 Å². The number of carbonyl (C=O) groups excluding carboxylic acids is 3. The SMILES string of the molecule is C=C1C[C@H]2OC(=O)C(=C)[C@@H]2[C@@H](OC(=O)/C(C)=C/C)C[C@]2(C)OC1=CC2=O. The molecule has 0 spiro atoms. The van der Waals surface area contributed by atoms with Crippen LogP contribution in [-0.4, -0.2) is 35.5 Å². The van der Waals surface area contributed by atoms with E-state index in [1.165, 1.54) is 6.08 Å². The largest absolute Gasteiger partial charge is 0.479 e. The first-order chi connectivity index (χ1) is 12.2. The number of hydrogen-bond acceptors (Lipinski definition) is 6. The molecule has 3 heterocycles. The van der Waals surface area contributed by atoms with E-state index in [0.717, 1.165) is 0 Å². The molecule has 0 aliphatic carbocycles. The molecule has 2 saturated heterocycles. The molecule has 0 aromatic rings. The van der Waals surface area contributed by atoms with Crippen molar-refractivity contribution in [3.63, 3.8) is 0 Å². The molecule has 6 nitrogen and oxygen atoms in total. The van der Waals surface area contributed by atoms with Gasteiger partial charge >= 0.3 is 11.9 Å². The molecule has 138 valence electrons. The molecular weight excluding hydrogens is 336 g/mol. The lowest BCUT2D eigenvalue weighted by Crippen LogP contribution is -2.43. The van der Waals surface area contributed by atoms with Gasteiger partial charge in [-0.05, 0) is 26.3 Å². The second-order valence-electron chi connectivity index (χ2n) is 7.13. The van der Waals surface area contributed by atoms with Crippen LogP contribution >= 0.6 is 0 Å². The Morgan fingerprint density at radius 3 is 2.73 bits per heavy atom. The molecule has 0 unspecified atom stereocenters. The topological polar surface area (TPSA) is 78.9 Å². The van der Waals surface area contributed by atoms with Crippen LogP contribution < -0.4 is 0 Å². The maximum absolute atomic E-state index is 12.5. The maximum atomic E-state index is 12.5. The fourth-order valence-electron chi connectivity index (χ4n) is 3.51. The molecule has 2 bridgehead atoms. The van der Waals surface area contributed by atoms with Crippen LogP contribution in [0.5, 0.6) is 0 Å². The molecule has 0 aromatic heterocycles. The highest BCUT2D eigenvalue weighted by atomic mass is 16.6. The summed E-state index contributed by atoms with van der Waals surface area (Å²) in [6.45, 7) is 12.8. The molecule has 6 heteroatoms. The van der Waals surface area contributed by atoms with Crippen LogP contribution in [0.25, 0.3) is 0 Å². The zero-order valence-corrected chi connectivity index (χ0v) is 15.2. The first-order valence-corrected chi connectivity index (χ1v) is 8.53. The third kappa shape index (κ3) is 2.89. The fraction of sp³-hybridized carbons (Fsp3) is 0.450. The van der Waals surface area contributed by atoms with Crippen LogP contribution in [0.4, 0.5) is 0 Å². The Balaban J connectivity index is 2.02. The highest BCUT2D eigenvalue weighted by molar-refractivity contribution is 6.00. The van der Waals surface area contributed by atoms with Crippen molar-refractivity contribution in [2.75, 3.05) is 0 Å². The first-order valence-electron chi connectivity index (χ1n) is 8.53. The smallest absolute Gasteiger partial charge is 0.334 e. The minimum absolute atomic E-state index is 0.0959. The second kappa shape index (κ2) is 6.27. The number of fused-ring (bicyclic) bond motifs is 3. The number of allylic oxidation sites excluding steroid dienone is 2. The molecule has 0 N–H and O–H groups in total. The van der Waals surface area contributed by atoms with Gasteiger partial charge in [0.2, 0.25) is 5.78 Å². The van der Waals surface area contributed by atoms with E-state index in [9.17, 15) is 14.4 Å². The molecule has 3 aliphatic heterocycles. The van der Waals surface area contributed by atoms with Gasteiger partial charge in [0.1, 0.15) is 18.0 Å². The van der Waals surface area contributed by atoms with Gasteiger partial charge in [-0.1, -0.05) is 19.2 Å². The molecule has 0 radical (unpaired) electrons. The van der Waals surface area contributed by atoms with E-state index in [2.05, 4.69) is 13.2 Å². The van der Waals surface area contributed by atoms with Crippen molar-refractivity contribution < 1.29 is 28.6 Å². The number of hydrogen-bond donors (Lipinski definition) is 0. The van der Waals surface area contributed by atoms with Crippen molar-refractivity contribution in [3.05, 3.63) is 47.8 Å². The van der Waals surface area contributed by atoms with E-state index < -0.39 is 35.7 Å². The summed E-state index contributed by atoms with van der Waals surface area (Å²) in [5, 5.41) is 0. The van der Waals surface area contributed by atoms with E-state index in [1.54, 1.807) is 26.8 Å². The number of carbonyl (C=O) groups is 3. The van der Waals surface area contributed by atoms with Gasteiger partial charge in [-0.25, -0.2) is 9.59 Å². The van der Waals surface area contributed by atoms with Crippen molar-refractivity contribution in [3.8, 4) is 0 Å². The zero-order chi connectivity index (χ0) is 19.2. The van der Waals surface area contributed by atoms with Crippen molar-refractivity contribution in [2.24, 2.45) is 5.92 Å². The molecule has 2 fully saturated rings. The third-order valence-corrected chi connectivity index (χ3v) is 5.24. The van der Waals surface area contributed by atoms with E-state index in [-0.39, 0.29) is 24.2 Å². The van der Waals surface area contributed by atoms with Gasteiger partial charge in [0.25, 0.3) is 0 Å². The highest BCUT2D eigenvalue weighted by Crippen LogP contribution is 2.44. The lowest BCUT2D eigenvalue weighted by molar-refractivity contribution is -0.153. The fourth-order valence-corrected chi connectivity index (χ4v) is 3.51. The quantitative estimate of drug-likeness (QED) is 0.558. The molecule has 0 amide bonds. The van der Waals surface area contributed by atoms with E-state index in [4.69, 9.17) is 14.2 Å². The van der Waals surface area contributed by atoms with Gasteiger partial charge in [0.15, 0.2) is 5.60 Å². The summed E-state index contributed by atoms with van der Waals surface area (Å²) >= 11 is 0. The van der Waals surface area contributed by atoms with Gasteiger partial charge in [-0.2, -0.15) is 0 Å². The Bertz CT molecular complexity index is 786. The summed E-state index contributed by atoms with van der Waals surface area (Å²) in [7, 11) is 0. The summed E-state index contributed by atoms with van der Waals surface area (Å²) in [6, 6.07) is 0. The number of rotatable bonds is 2. The predicted molar refractivity (Wildman–Crippen MR) is 92.8 cm³/mol. The van der Waals surface area contributed by atoms with E-state index in [1.807, 2.05) is 0 Å². The highest BCUT2D eigenvalue weighted by Gasteiger charge is 2.52.